The van der Waals surface area contributed by atoms with Crippen LogP contribution in [0.3, 0.4) is 0 Å². The highest BCUT2D eigenvalue weighted by Gasteiger charge is 2.24. The van der Waals surface area contributed by atoms with Gasteiger partial charge in [0.1, 0.15) is 0 Å². The molecule has 0 aromatic rings. The third-order valence-electron chi connectivity index (χ3n) is 1.89. The highest BCUT2D eigenvalue weighted by atomic mass is 16.3. The van der Waals surface area contributed by atoms with Gasteiger partial charge in [0.05, 0.1) is 5.60 Å². The molecule has 66 valence electrons. The summed E-state index contributed by atoms with van der Waals surface area (Å²) in [7, 11) is 2.10. The lowest BCUT2D eigenvalue weighted by Crippen LogP contribution is -2.58. The van der Waals surface area contributed by atoms with Gasteiger partial charge in [-0.2, -0.15) is 0 Å². The maximum atomic E-state index is 9.38. The minimum atomic E-state index is -0.575. The van der Waals surface area contributed by atoms with Gasteiger partial charge >= 0.3 is 0 Å². The van der Waals surface area contributed by atoms with E-state index in [-0.39, 0.29) is 0 Å². The van der Waals surface area contributed by atoms with Crippen LogP contribution in [0.15, 0.2) is 0 Å². The summed E-state index contributed by atoms with van der Waals surface area (Å²) in [6, 6.07) is 0.589. The highest BCUT2D eigenvalue weighted by molar-refractivity contribution is 4.85. The van der Waals surface area contributed by atoms with E-state index in [4.69, 9.17) is 0 Å². The molecule has 0 bridgehead atoms. The minimum absolute atomic E-state index is 0.575. The van der Waals surface area contributed by atoms with E-state index in [0.29, 0.717) is 12.6 Å². The van der Waals surface area contributed by atoms with Crippen LogP contribution in [0.2, 0.25) is 0 Å². The van der Waals surface area contributed by atoms with E-state index in [0.717, 1.165) is 13.1 Å². The van der Waals surface area contributed by atoms with Crippen molar-refractivity contribution in [2.24, 2.45) is 0 Å². The van der Waals surface area contributed by atoms with Crippen molar-refractivity contribution in [2.75, 3.05) is 26.7 Å². The van der Waals surface area contributed by atoms with Crippen molar-refractivity contribution in [3.63, 3.8) is 0 Å². The quantitative estimate of drug-likeness (QED) is 0.590. The summed E-state index contributed by atoms with van der Waals surface area (Å²) in [5.74, 6) is 0. The van der Waals surface area contributed by atoms with Crippen LogP contribution >= 0.6 is 0 Å². The highest BCUT2D eigenvalue weighted by Crippen LogP contribution is 2.05. The molecule has 3 heteroatoms. The Kier molecular flexibility index (Phi) is 2.52. The van der Waals surface area contributed by atoms with Gasteiger partial charge in [-0.15, -0.1) is 0 Å². The summed E-state index contributed by atoms with van der Waals surface area (Å²) in [5, 5.41) is 12.7. The van der Waals surface area contributed by atoms with Gasteiger partial charge in [-0.25, -0.2) is 0 Å². The molecular weight excluding hydrogens is 140 g/mol. The van der Waals surface area contributed by atoms with Gasteiger partial charge in [-0.05, 0) is 20.9 Å². The Hall–Kier alpha value is -0.120. The number of likely N-dealkylation sites (N-methyl/N-ethyl adjacent to an activating group) is 1. The maximum absolute atomic E-state index is 9.38. The number of aliphatic hydroxyl groups is 1. The average Bonchev–Trinajstić information content (AvgIpc) is 1.75. The van der Waals surface area contributed by atoms with E-state index >= 15 is 0 Å². The van der Waals surface area contributed by atoms with E-state index < -0.39 is 5.60 Å². The van der Waals surface area contributed by atoms with Crippen LogP contribution in [-0.2, 0) is 0 Å². The topological polar surface area (TPSA) is 35.5 Å². The average molecular weight is 158 g/mol. The van der Waals surface area contributed by atoms with Crippen molar-refractivity contribution >= 4 is 0 Å². The van der Waals surface area contributed by atoms with Crippen LogP contribution in [0.5, 0.6) is 0 Å². The molecule has 0 amide bonds. The van der Waals surface area contributed by atoms with Gasteiger partial charge < -0.3 is 15.3 Å². The summed E-state index contributed by atoms with van der Waals surface area (Å²) < 4.78 is 0. The largest absolute Gasteiger partial charge is 0.389 e. The number of nitrogens with zero attached hydrogens (tertiary/aromatic N) is 1. The molecule has 11 heavy (non-hydrogen) atoms. The molecule has 0 spiro atoms. The Morgan fingerprint density at radius 2 is 2.09 bits per heavy atom. The maximum Gasteiger partial charge on any atom is 0.0715 e. The lowest BCUT2D eigenvalue weighted by Gasteiger charge is -2.38. The van der Waals surface area contributed by atoms with Gasteiger partial charge in [0.15, 0.2) is 0 Å². The SMILES string of the molecule is CN1CC(NCC(C)(C)O)C1. The third-order valence-corrected chi connectivity index (χ3v) is 1.89. The van der Waals surface area contributed by atoms with Crippen LogP contribution in [0.4, 0.5) is 0 Å². The lowest BCUT2D eigenvalue weighted by molar-refractivity contribution is 0.0626. The fourth-order valence-electron chi connectivity index (χ4n) is 1.22. The Morgan fingerprint density at radius 3 is 2.45 bits per heavy atom. The molecule has 1 fully saturated rings. The van der Waals surface area contributed by atoms with Crippen molar-refractivity contribution < 1.29 is 5.11 Å². The number of nitrogens with one attached hydrogen (secondary N) is 1. The Labute approximate surface area is 68.4 Å². The van der Waals surface area contributed by atoms with Gasteiger partial charge in [0, 0.05) is 25.7 Å². The van der Waals surface area contributed by atoms with Gasteiger partial charge in [-0.3, -0.25) is 0 Å². The zero-order chi connectivity index (χ0) is 8.48. The summed E-state index contributed by atoms with van der Waals surface area (Å²) in [4.78, 5) is 2.25. The zero-order valence-electron chi connectivity index (χ0n) is 7.59. The molecular formula is C8H18N2O. The van der Waals surface area contributed by atoms with Crippen LogP contribution in [0.25, 0.3) is 0 Å². The molecule has 1 aliphatic rings. The lowest BCUT2D eigenvalue weighted by atomic mass is 10.1. The summed E-state index contributed by atoms with van der Waals surface area (Å²) >= 11 is 0. The molecule has 1 heterocycles. The molecule has 0 unspecified atom stereocenters. The second-order valence-corrected chi connectivity index (χ2v) is 4.11. The van der Waals surface area contributed by atoms with Crippen LogP contribution < -0.4 is 5.32 Å². The van der Waals surface area contributed by atoms with Crippen molar-refractivity contribution in [2.45, 2.75) is 25.5 Å². The molecule has 3 nitrogen and oxygen atoms in total. The van der Waals surface area contributed by atoms with Crippen molar-refractivity contribution in [3.05, 3.63) is 0 Å². The van der Waals surface area contributed by atoms with E-state index in [2.05, 4.69) is 17.3 Å². The van der Waals surface area contributed by atoms with E-state index in [9.17, 15) is 5.11 Å². The Bertz CT molecular complexity index is 125. The summed E-state index contributed by atoms with van der Waals surface area (Å²) in [5.41, 5.74) is -0.575. The summed E-state index contributed by atoms with van der Waals surface area (Å²) in [6.07, 6.45) is 0. The van der Waals surface area contributed by atoms with Crippen LogP contribution in [0.1, 0.15) is 13.8 Å². The number of likely N-dealkylation sites (tertiary alicyclic amines) is 1. The number of hydrogen-bond acceptors (Lipinski definition) is 3. The molecule has 0 radical (unpaired) electrons. The predicted octanol–water partition coefficient (Wildman–Crippen LogP) is -0.339. The van der Waals surface area contributed by atoms with Crippen LogP contribution in [0, 0.1) is 0 Å². The van der Waals surface area contributed by atoms with Crippen LogP contribution in [-0.4, -0.2) is 48.3 Å². The van der Waals surface area contributed by atoms with Crippen molar-refractivity contribution in [1.29, 1.82) is 0 Å². The smallest absolute Gasteiger partial charge is 0.0715 e. The molecule has 2 N–H and O–H groups in total. The van der Waals surface area contributed by atoms with E-state index in [1.165, 1.54) is 0 Å². The fraction of sp³-hybridized carbons (Fsp3) is 1.00. The molecule has 1 saturated heterocycles. The second kappa shape index (κ2) is 3.09. The molecule has 1 rings (SSSR count). The zero-order valence-corrected chi connectivity index (χ0v) is 7.59. The van der Waals surface area contributed by atoms with Crippen molar-refractivity contribution in [1.82, 2.24) is 10.2 Å². The first-order chi connectivity index (χ1) is 4.97. The minimum Gasteiger partial charge on any atom is -0.389 e. The predicted molar refractivity (Wildman–Crippen MR) is 45.6 cm³/mol. The first kappa shape index (κ1) is 8.97. The first-order valence-corrected chi connectivity index (χ1v) is 4.12. The van der Waals surface area contributed by atoms with E-state index in [1.54, 1.807) is 0 Å². The standard InChI is InChI=1S/C8H18N2O/c1-8(2,11)6-9-7-4-10(3)5-7/h7,9,11H,4-6H2,1-3H3. The monoisotopic (exact) mass is 158 g/mol. The Morgan fingerprint density at radius 1 is 1.55 bits per heavy atom. The molecule has 0 saturated carbocycles. The third kappa shape index (κ3) is 3.18. The van der Waals surface area contributed by atoms with Crippen molar-refractivity contribution in [3.8, 4) is 0 Å². The number of rotatable bonds is 3. The van der Waals surface area contributed by atoms with Gasteiger partial charge in [-0.1, -0.05) is 0 Å². The number of hydrogen-bond donors (Lipinski definition) is 2. The van der Waals surface area contributed by atoms with Gasteiger partial charge in [0.25, 0.3) is 0 Å². The molecule has 0 atom stereocenters. The first-order valence-electron chi connectivity index (χ1n) is 4.12. The molecule has 1 aliphatic heterocycles. The Balaban J connectivity index is 2.05. The molecule has 0 aromatic carbocycles. The second-order valence-electron chi connectivity index (χ2n) is 4.11. The fourth-order valence-corrected chi connectivity index (χ4v) is 1.22. The van der Waals surface area contributed by atoms with E-state index in [1.807, 2.05) is 13.8 Å². The molecule has 0 aromatic heterocycles. The normalized spacial score (nSPS) is 21.8. The van der Waals surface area contributed by atoms with Gasteiger partial charge in [0.2, 0.25) is 0 Å². The molecule has 0 aliphatic carbocycles. The summed E-state index contributed by atoms with van der Waals surface area (Å²) in [6.45, 7) is 6.54.